The van der Waals surface area contributed by atoms with Crippen LogP contribution in [0.3, 0.4) is 0 Å². The van der Waals surface area contributed by atoms with E-state index in [1.165, 1.54) is 53.3 Å². The minimum atomic E-state index is -3.85. The molecule has 0 aromatic heterocycles. The Morgan fingerprint density at radius 2 is 1.45 bits per heavy atom. The SMILES string of the molecule is CC(C)NC(=O)C(Cc1ccccc1)N(Cc1ccccc1Cl)C(=O)CN(c1ccc(C23CC4CC(CC(C4)C2)C3)cc1)S(C)(=O)=O. The standard InChI is InChI=1S/C38H46ClN3O4S/c1-26(2)40-37(44)35(20-27-9-5-4-6-10-27)41(24-31-11-7-8-12-34(31)39)36(43)25-42(47(3,45)46)33-15-13-32(14-16-33)38-21-28-17-29(22-38)19-30(18-28)23-38/h4-16,26,28-30,35H,17-25H2,1-3H3,(H,40,44). The van der Waals surface area contributed by atoms with Crippen molar-refractivity contribution in [2.75, 3.05) is 17.1 Å². The zero-order valence-electron chi connectivity index (χ0n) is 27.6. The molecule has 0 aliphatic heterocycles. The molecule has 4 fully saturated rings. The number of anilines is 1. The van der Waals surface area contributed by atoms with E-state index in [4.69, 9.17) is 11.6 Å². The number of hydrogen-bond donors (Lipinski definition) is 1. The van der Waals surface area contributed by atoms with E-state index in [0.29, 0.717) is 16.3 Å². The monoisotopic (exact) mass is 675 g/mol. The first kappa shape index (κ1) is 33.5. The molecule has 1 unspecified atom stereocenters. The maximum atomic E-state index is 14.4. The second-order valence-corrected chi connectivity index (χ2v) is 16.8. The highest BCUT2D eigenvalue weighted by Crippen LogP contribution is 2.60. The van der Waals surface area contributed by atoms with Gasteiger partial charge in [0.25, 0.3) is 0 Å². The molecule has 0 radical (unpaired) electrons. The molecule has 3 aromatic rings. The number of nitrogens with one attached hydrogen (secondary N) is 1. The van der Waals surface area contributed by atoms with Crippen LogP contribution in [0.15, 0.2) is 78.9 Å². The molecular formula is C38H46ClN3O4S. The molecule has 4 bridgehead atoms. The van der Waals surface area contributed by atoms with Crippen molar-refractivity contribution < 1.29 is 18.0 Å². The van der Waals surface area contributed by atoms with Crippen molar-refractivity contribution in [2.24, 2.45) is 17.8 Å². The molecule has 2 amide bonds. The molecule has 7 rings (SSSR count). The van der Waals surface area contributed by atoms with Crippen LogP contribution >= 0.6 is 11.6 Å². The van der Waals surface area contributed by atoms with Crippen LogP contribution in [0.25, 0.3) is 0 Å². The number of benzene rings is 3. The molecule has 0 heterocycles. The minimum absolute atomic E-state index is 0.0457. The van der Waals surface area contributed by atoms with Crippen molar-refractivity contribution in [3.63, 3.8) is 0 Å². The number of carbonyl (C=O) groups excluding carboxylic acids is 2. The maximum Gasteiger partial charge on any atom is 0.244 e. The van der Waals surface area contributed by atoms with E-state index < -0.39 is 28.5 Å². The Bertz CT molecular complexity index is 1660. The van der Waals surface area contributed by atoms with Gasteiger partial charge in [0.2, 0.25) is 21.8 Å². The third-order valence-electron chi connectivity index (χ3n) is 10.5. The van der Waals surface area contributed by atoms with Gasteiger partial charge in [-0.15, -0.1) is 0 Å². The molecule has 250 valence electrons. The van der Waals surface area contributed by atoms with E-state index in [1.807, 2.05) is 74.5 Å². The predicted octanol–water partition coefficient (Wildman–Crippen LogP) is 6.74. The van der Waals surface area contributed by atoms with Gasteiger partial charge in [-0.05, 0) is 110 Å². The summed E-state index contributed by atoms with van der Waals surface area (Å²) in [6.07, 6.45) is 9.08. The van der Waals surface area contributed by atoms with Crippen molar-refractivity contribution >= 4 is 39.1 Å². The number of halogens is 1. The molecule has 1 atom stereocenters. The molecule has 3 aromatic carbocycles. The van der Waals surface area contributed by atoms with Gasteiger partial charge >= 0.3 is 0 Å². The lowest BCUT2D eigenvalue weighted by atomic mass is 9.48. The minimum Gasteiger partial charge on any atom is -0.352 e. The van der Waals surface area contributed by atoms with Gasteiger partial charge in [0.05, 0.1) is 11.9 Å². The number of amides is 2. The Balaban J connectivity index is 1.31. The number of hydrogen-bond acceptors (Lipinski definition) is 4. The smallest absolute Gasteiger partial charge is 0.244 e. The predicted molar refractivity (Wildman–Crippen MR) is 188 cm³/mol. The highest BCUT2D eigenvalue weighted by atomic mass is 35.5. The van der Waals surface area contributed by atoms with Crippen LogP contribution in [0, 0.1) is 17.8 Å². The van der Waals surface area contributed by atoms with Crippen molar-refractivity contribution in [3.8, 4) is 0 Å². The van der Waals surface area contributed by atoms with Crippen LogP contribution in [0.1, 0.15) is 69.1 Å². The lowest BCUT2D eigenvalue weighted by Gasteiger charge is -2.57. The second kappa shape index (κ2) is 13.6. The lowest BCUT2D eigenvalue weighted by Crippen LogP contribution is -2.54. The second-order valence-electron chi connectivity index (χ2n) is 14.5. The molecule has 4 aliphatic carbocycles. The summed E-state index contributed by atoms with van der Waals surface area (Å²) in [6, 6.07) is 23.6. The van der Waals surface area contributed by atoms with Gasteiger partial charge in [0, 0.05) is 24.0 Å². The Morgan fingerprint density at radius 3 is 2.00 bits per heavy atom. The molecule has 47 heavy (non-hydrogen) atoms. The summed E-state index contributed by atoms with van der Waals surface area (Å²) in [4.78, 5) is 29.6. The van der Waals surface area contributed by atoms with Crippen molar-refractivity contribution in [3.05, 3.63) is 101 Å². The summed E-state index contributed by atoms with van der Waals surface area (Å²) >= 11 is 6.56. The fourth-order valence-corrected chi connectivity index (χ4v) is 9.85. The number of rotatable bonds is 12. The fourth-order valence-electron chi connectivity index (χ4n) is 8.80. The van der Waals surface area contributed by atoms with E-state index in [1.54, 1.807) is 6.07 Å². The normalized spacial score (nSPS) is 23.8. The fraction of sp³-hybridized carbons (Fsp3) is 0.474. The zero-order valence-corrected chi connectivity index (χ0v) is 29.1. The van der Waals surface area contributed by atoms with E-state index >= 15 is 0 Å². The molecule has 1 N–H and O–H groups in total. The first-order valence-corrected chi connectivity index (χ1v) is 19.1. The van der Waals surface area contributed by atoms with Gasteiger partial charge in [-0.2, -0.15) is 0 Å². The van der Waals surface area contributed by atoms with Crippen LogP contribution in [0.2, 0.25) is 5.02 Å². The Morgan fingerprint density at radius 1 is 0.872 bits per heavy atom. The summed E-state index contributed by atoms with van der Waals surface area (Å²) < 4.78 is 27.8. The zero-order chi connectivity index (χ0) is 33.3. The van der Waals surface area contributed by atoms with E-state index in [-0.39, 0.29) is 30.3 Å². The number of sulfonamides is 1. The van der Waals surface area contributed by atoms with Gasteiger partial charge in [-0.3, -0.25) is 13.9 Å². The van der Waals surface area contributed by atoms with Crippen molar-refractivity contribution in [1.82, 2.24) is 10.2 Å². The van der Waals surface area contributed by atoms with Crippen LogP contribution < -0.4 is 9.62 Å². The molecule has 4 saturated carbocycles. The first-order chi connectivity index (χ1) is 22.4. The van der Waals surface area contributed by atoms with Gasteiger partial charge in [-0.25, -0.2) is 8.42 Å². The van der Waals surface area contributed by atoms with Crippen molar-refractivity contribution in [2.45, 2.75) is 82.8 Å². The van der Waals surface area contributed by atoms with Gasteiger partial charge < -0.3 is 10.2 Å². The molecular weight excluding hydrogens is 630 g/mol. The average molecular weight is 676 g/mol. The highest BCUT2D eigenvalue weighted by molar-refractivity contribution is 7.92. The lowest BCUT2D eigenvalue weighted by molar-refractivity contribution is -0.140. The van der Waals surface area contributed by atoms with Gasteiger partial charge in [-0.1, -0.05) is 72.3 Å². The first-order valence-electron chi connectivity index (χ1n) is 16.9. The van der Waals surface area contributed by atoms with Crippen LogP contribution in [0.4, 0.5) is 5.69 Å². The molecule has 0 spiro atoms. The van der Waals surface area contributed by atoms with E-state index in [9.17, 15) is 18.0 Å². The average Bonchev–Trinajstić information content (AvgIpc) is 3.01. The Hall–Kier alpha value is -3.36. The van der Waals surface area contributed by atoms with Crippen LogP contribution in [-0.2, 0) is 38.0 Å². The topological polar surface area (TPSA) is 86.8 Å². The molecule has 7 nitrogen and oxygen atoms in total. The largest absolute Gasteiger partial charge is 0.352 e. The molecule has 9 heteroatoms. The van der Waals surface area contributed by atoms with Crippen molar-refractivity contribution in [1.29, 1.82) is 0 Å². The summed E-state index contributed by atoms with van der Waals surface area (Å²) in [6.45, 7) is 3.34. The number of carbonyl (C=O) groups is 2. The highest BCUT2D eigenvalue weighted by Gasteiger charge is 2.51. The molecule has 0 saturated heterocycles. The Kier molecular flexibility index (Phi) is 9.73. The number of nitrogens with zero attached hydrogens (tertiary/aromatic N) is 2. The summed E-state index contributed by atoms with van der Waals surface area (Å²) in [5.41, 5.74) is 3.46. The molecule has 4 aliphatic rings. The maximum absolute atomic E-state index is 14.4. The summed E-state index contributed by atoms with van der Waals surface area (Å²) in [5.74, 6) is 1.60. The Labute approximate surface area is 284 Å². The van der Waals surface area contributed by atoms with E-state index in [2.05, 4.69) is 17.4 Å². The van der Waals surface area contributed by atoms with Gasteiger partial charge in [0.15, 0.2) is 0 Å². The van der Waals surface area contributed by atoms with Gasteiger partial charge in [0.1, 0.15) is 12.6 Å². The van der Waals surface area contributed by atoms with Crippen LogP contribution in [-0.4, -0.2) is 50.0 Å². The van der Waals surface area contributed by atoms with Crippen LogP contribution in [0.5, 0.6) is 0 Å². The summed E-state index contributed by atoms with van der Waals surface area (Å²) in [7, 11) is -3.85. The third-order valence-corrected chi connectivity index (χ3v) is 12.0. The third kappa shape index (κ3) is 7.54. The summed E-state index contributed by atoms with van der Waals surface area (Å²) in [5, 5.41) is 3.44. The quantitative estimate of drug-likeness (QED) is 0.231. The van der Waals surface area contributed by atoms with E-state index in [0.717, 1.165) is 29.6 Å².